The van der Waals surface area contributed by atoms with Gasteiger partial charge in [0.05, 0.1) is 0 Å². The number of hydrogen-bond donors (Lipinski definition) is 0. The van der Waals surface area contributed by atoms with Crippen LogP contribution in [0.3, 0.4) is 0 Å². The quantitative estimate of drug-likeness (QED) is 0.638. The van der Waals surface area contributed by atoms with E-state index in [0.29, 0.717) is 5.02 Å². The van der Waals surface area contributed by atoms with E-state index in [2.05, 4.69) is 6.92 Å². The van der Waals surface area contributed by atoms with Crippen molar-refractivity contribution in [3.63, 3.8) is 0 Å². The first kappa shape index (κ1) is 13.8. The Morgan fingerprint density at radius 3 is 2.39 bits per heavy atom. The minimum atomic E-state index is 0.126. The molecule has 1 aliphatic rings. The molecule has 0 bridgehead atoms. The molecule has 0 aromatic heterocycles. The van der Waals surface area contributed by atoms with Gasteiger partial charge in [0.1, 0.15) is 11.5 Å². The summed E-state index contributed by atoms with van der Waals surface area (Å²) >= 11 is 11.9. The van der Waals surface area contributed by atoms with Gasteiger partial charge in [-0.25, -0.2) is 0 Å². The van der Waals surface area contributed by atoms with Gasteiger partial charge in [-0.1, -0.05) is 43.0 Å². The molecule has 18 heavy (non-hydrogen) atoms. The number of hydrogen-bond acceptors (Lipinski definition) is 1. The topological polar surface area (TPSA) is 9.23 Å². The van der Waals surface area contributed by atoms with Gasteiger partial charge in [-0.05, 0) is 43.5 Å². The third-order valence-corrected chi connectivity index (χ3v) is 4.35. The first-order valence-electron chi connectivity index (χ1n) is 6.44. The molecule has 1 aliphatic carbocycles. The van der Waals surface area contributed by atoms with Crippen molar-refractivity contribution < 1.29 is 4.74 Å². The molecule has 0 radical (unpaired) electrons. The van der Waals surface area contributed by atoms with Crippen LogP contribution >= 0.6 is 23.2 Å². The normalized spacial score (nSPS) is 18.9. The van der Waals surface area contributed by atoms with Crippen LogP contribution in [0.25, 0.3) is 0 Å². The zero-order chi connectivity index (χ0) is 13.0. The minimum Gasteiger partial charge on any atom is -0.460 e. The summed E-state index contributed by atoms with van der Waals surface area (Å²) in [6.45, 7) is 2.21. The molecule has 0 heterocycles. The molecule has 1 saturated carbocycles. The molecule has 0 N–H and O–H groups in total. The molecule has 1 nitrogen and oxygen atoms in total. The van der Waals surface area contributed by atoms with Crippen molar-refractivity contribution in [1.82, 2.24) is 0 Å². The minimum absolute atomic E-state index is 0.126. The second kappa shape index (κ2) is 5.99. The lowest BCUT2D eigenvalue weighted by molar-refractivity contribution is 0.230. The first-order valence-corrected chi connectivity index (χ1v) is 7.26. The second-order valence-electron chi connectivity index (χ2n) is 4.87. The lowest BCUT2D eigenvalue weighted by atomic mass is 9.82. The third kappa shape index (κ3) is 2.84. The smallest absolute Gasteiger partial charge is 0.127 e. The van der Waals surface area contributed by atoms with E-state index < -0.39 is 0 Å². The molecule has 0 aliphatic heterocycles. The van der Waals surface area contributed by atoms with Crippen molar-refractivity contribution in [2.75, 3.05) is 0 Å². The summed E-state index contributed by atoms with van der Waals surface area (Å²) < 4.78 is 5.97. The Balaban J connectivity index is 2.17. The fourth-order valence-electron chi connectivity index (χ4n) is 2.70. The molecule has 0 unspecified atom stereocenters. The van der Waals surface area contributed by atoms with Crippen molar-refractivity contribution in [2.24, 2.45) is 5.41 Å². The van der Waals surface area contributed by atoms with Crippen LogP contribution in [0, 0.1) is 5.41 Å². The Hall–Kier alpha value is -0.660. The maximum absolute atomic E-state index is 5.98. The average molecular weight is 285 g/mol. The van der Waals surface area contributed by atoms with Crippen LogP contribution in [0.15, 0.2) is 35.6 Å². The fourth-order valence-corrected chi connectivity index (χ4v) is 3.10. The maximum atomic E-state index is 5.98. The predicted molar refractivity (Wildman–Crippen MR) is 77.2 cm³/mol. The lowest BCUT2D eigenvalue weighted by Gasteiger charge is -2.29. The number of halogens is 2. The molecule has 1 fully saturated rings. The highest BCUT2D eigenvalue weighted by molar-refractivity contribution is 6.30. The molecule has 1 aromatic carbocycles. The molecular formula is C15H18Cl2O. The third-order valence-electron chi connectivity index (χ3n) is 3.90. The summed E-state index contributed by atoms with van der Waals surface area (Å²) in [5, 5.41) is 0.713. The number of allylic oxidation sites excluding steroid dienone is 1. The summed E-state index contributed by atoms with van der Waals surface area (Å²) in [6.07, 6.45) is 5.91. The summed E-state index contributed by atoms with van der Waals surface area (Å²) in [4.78, 5) is 0. The Morgan fingerprint density at radius 1 is 1.28 bits per heavy atom. The summed E-state index contributed by atoms with van der Waals surface area (Å²) in [5.41, 5.74) is 1.73. The molecule has 0 spiro atoms. The van der Waals surface area contributed by atoms with E-state index in [1.807, 2.05) is 24.3 Å². The van der Waals surface area contributed by atoms with E-state index in [4.69, 9.17) is 27.9 Å². The van der Waals surface area contributed by atoms with Crippen LogP contribution in [0.5, 0.6) is 5.75 Å². The van der Waals surface area contributed by atoms with E-state index in [1.54, 1.807) is 5.54 Å². The Kier molecular flexibility index (Phi) is 4.58. The zero-order valence-corrected chi connectivity index (χ0v) is 12.1. The Labute approximate surface area is 119 Å². The zero-order valence-electron chi connectivity index (χ0n) is 10.6. The van der Waals surface area contributed by atoms with Crippen LogP contribution in [0.1, 0.15) is 39.0 Å². The predicted octanol–water partition coefficient (Wildman–Crippen LogP) is 5.77. The molecule has 1 aromatic rings. The molecule has 0 saturated heterocycles. The monoisotopic (exact) mass is 284 g/mol. The number of benzene rings is 1. The summed E-state index contributed by atoms with van der Waals surface area (Å²) in [5.74, 6) is 1.69. The van der Waals surface area contributed by atoms with Gasteiger partial charge < -0.3 is 4.74 Å². The van der Waals surface area contributed by atoms with Gasteiger partial charge in [-0.15, -0.1) is 0 Å². The van der Waals surface area contributed by atoms with E-state index in [-0.39, 0.29) is 5.41 Å². The molecule has 3 heteroatoms. The number of ether oxygens (including phenoxy) is 1. The van der Waals surface area contributed by atoms with Crippen molar-refractivity contribution in [2.45, 2.75) is 39.0 Å². The van der Waals surface area contributed by atoms with Gasteiger partial charge in [0.2, 0.25) is 0 Å². The van der Waals surface area contributed by atoms with Crippen LogP contribution in [-0.2, 0) is 0 Å². The van der Waals surface area contributed by atoms with Crippen molar-refractivity contribution in [3.05, 3.63) is 40.6 Å². The number of rotatable bonds is 4. The van der Waals surface area contributed by atoms with Gasteiger partial charge in [0.15, 0.2) is 0 Å². The van der Waals surface area contributed by atoms with Crippen LogP contribution in [-0.4, -0.2) is 0 Å². The second-order valence-corrected chi connectivity index (χ2v) is 5.52. The highest BCUT2D eigenvalue weighted by atomic mass is 35.5. The lowest BCUT2D eigenvalue weighted by Crippen LogP contribution is -2.22. The fraction of sp³-hybridized carbons (Fsp3) is 0.467. The van der Waals surface area contributed by atoms with Gasteiger partial charge in [-0.3, -0.25) is 0 Å². The molecular weight excluding hydrogens is 267 g/mol. The maximum Gasteiger partial charge on any atom is 0.127 e. The molecule has 2 rings (SSSR count). The Bertz CT molecular complexity index is 417. The first-order chi connectivity index (χ1) is 8.70. The largest absolute Gasteiger partial charge is 0.460 e. The van der Waals surface area contributed by atoms with E-state index in [1.165, 1.54) is 12.8 Å². The molecule has 0 amide bonds. The van der Waals surface area contributed by atoms with Gasteiger partial charge in [0.25, 0.3) is 0 Å². The highest BCUT2D eigenvalue weighted by Gasteiger charge is 2.37. The van der Waals surface area contributed by atoms with Crippen molar-refractivity contribution in [3.8, 4) is 5.75 Å². The molecule has 98 valence electrons. The van der Waals surface area contributed by atoms with Gasteiger partial charge in [0, 0.05) is 16.0 Å². The highest BCUT2D eigenvalue weighted by Crippen LogP contribution is 2.47. The van der Waals surface area contributed by atoms with E-state index >= 15 is 0 Å². The van der Waals surface area contributed by atoms with E-state index in [9.17, 15) is 0 Å². The van der Waals surface area contributed by atoms with Crippen LogP contribution in [0.2, 0.25) is 5.02 Å². The van der Waals surface area contributed by atoms with Crippen molar-refractivity contribution >= 4 is 23.2 Å². The standard InChI is InChI=1S/C15H18Cl2O/c1-2-15(9-3-4-10-15)14(11-16)18-13-7-5-12(17)6-8-13/h5-8,11H,2-4,9-10H2,1H3. The Morgan fingerprint density at radius 2 is 1.89 bits per heavy atom. The van der Waals surface area contributed by atoms with E-state index in [0.717, 1.165) is 30.8 Å². The van der Waals surface area contributed by atoms with Crippen LogP contribution in [0.4, 0.5) is 0 Å². The van der Waals surface area contributed by atoms with Gasteiger partial charge in [-0.2, -0.15) is 0 Å². The van der Waals surface area contributed by atoms with Gasteiger partial charge >= 0.3 is 0 Å². The molecule has 0 atom stereocenters. The summed E-state index contributed by atoms with van der Waals surface area (Å²) in [7, 11) is 0. The van der Waals surface area contributed by atoms with Crippen molar-refractivity contribution in [1.29, 1.82) is 0 Å². The van der Waals surface area contributed by atoms with Crippen LogP contribution < -0.4 is 4.74 Å². The summed E-state index contributed by atoms with van der Waals surface area (Å²) in [6, 6.07) is 7.41. The average Bonchev–Trinajstić information content (AvgIpc) is 2.88. The SMILES string of the molecule is CCC1(C(=CCl)Oc2ccc(Cl)cc2)CCCC1.